The number of β-amino-alcohol motifs (C(OH)–C–C–N with tert-alkyl or cyclic N) is 1. The molecule has 1 aromatic heterocycles. The van der Waals surface area contributed by atoms with E-state index in [9.17, 15) is 9.90 Å². The first-order valence-electron chi connectivity index (χ1n) is 6.78. The van der Waals surface area contributed by atoms with E-state index < -0.39 is 11.5 Å². The number of aliphatic hydroxyl groups is 1. The third kappa shape index (κ3) is 2.45. The third-order valence-corrected chi connectivity index (χ3v) is 4.41. The highest BCUT2D eigenvalue weighted by atomic mass is 35.5. The molecule has 1 amide bonds. The van der Waals surface area contributed by atoms with Crippen LogP contribution in [-0.2, 0) is 4.79 Å². The molecular weight excluding hydrogens is 280 g/mol. The van der Waals surface area contributed by atoms with Gasteiger partial charge < -0.3 is 15.3 Å². The topological polar surface area (TPSA) is 78.4 Å². The highest BCUT2D eigenvalue weighted by Crippen LogP contribution is 2.38. The summed E-state index contributed by atoms with van der Waals surface area (Å²) in [6.07, 6.45) is 4.68. The van der Waals surface area contributed by atoms with Crippen molar-refractivity contribution < 1.29 is 9.90 Å². The Morgan fingerprint density at radius 2 is 2.00 bits per heavy atom. The van der Waals surface area contributed by atoms with E-state index in [1.807, 2.05) is 0 Å². The minimum absolute atomic E-state index is 0.0690. The Bertz CT molecular complexity index is 500. The van der Waals surface area contributed by atoms with Crippen LogP contribution in [0.2, 0.25) is 5.02 Å². The summed E-state index contributed by atoms with van der Waals surface area (Å²) < 4.78 is 0. The smallest absolute Gasteiger partial charge is 0.226 e. The number of nitrogens with zero attached hydrogens (tertiary/aromatic N) is 3. The van der Waals surface area contributed by atoms with Gasteiger partial charge in [-0.25, -0.2) is 9.97 Å². The molecular formula is C13H17ClN4O2. The number of rotatable bonds is 1. The fourth-order valence-electron chi connectivity index (χ4n) is 3.05. The molecule has 0 aliphatic carbocycles. The van der Waals surface area contributed by atoms with Gasteiger partial charge in [-0.15, -0.1) is 0 Å². The summed E-state index contributed by atoms with van der Waals surface area (Å²) in [6.45, 7) is 1.79. The largest absolute Gasteiger partial charge is 0.391 e. The van der Waals surface area contributed by atoms with Crippen LogP contribution in [0.4, 0.5) is 5.95 Å². The van der Waals surface area contributed by atoms with E-state index in [1.54, 1.807) is 12.4 Å². The molecule has 6 nitrogen and oxygen atoms in total. The molecule has 1 unspecified atom stereocenters. The molecule has 0 bridgehead atoms. The zero-order valence-corrected chi connectivity index (χ0v) is 11.8. The maximum absolute atomic E-state index is 12.1. The quantitative estimate of drug-likeness (QED) is 0.793. The van der Waals surface area contributed by atoms with Gasteiger partial charge in [-0.05, 0) is 19.3 Å². The molecule has 2 fully saturated rings. The number of aliphatic hydroxyl groups excluding tert-OH is 1. The molecule has 0 aromatic carbocycles. The highest BCUT2D eigenvalue weighted by Gasteiger charge is 2.45. The predicted octanol–water partition coefficient (Wildman–Crippen LogP) is 0.597. The van der Waals surface area contributed by atoms with E-state index in [0.29, 0.717) is 49.9 Å². The molecule has 108 valence electrons. The molecule has 2 aliphatic heterocycles. The Morgan fingerprint density at radius 1 is 1.35 bits per heavy atom. The van der Waals surface area contributed by atoms with Crippen LogP contribution in [0.3, 0.4) is 0 Å². The van der Waals surface area contributed by atoms with E-state index in [4.69, 9.17) is 11.6 Å². The Balaban J connectivity index is 1.69. The van der Waals surface area contributed by atoms with Crippen molar-refractivity contribution in [2.45, 2.75) is 25.4 Å². The zero-order valence-electron chi connectivity index (χ0n) is 11.0. The molecule has 1 spiro atoms. The molecule has 7 heteroatoms. The van der Waals surface area contributed by atoms with Crippen LogP contribution in [0.1, 0.15) is 19.3 Å². The van der Waals surface area contributed by atoms with Crippen LogP contribution in [0, 0.1) is 5.41 Å². The lowest BCUT2D eigenvalue weighted by Crippen LogP contribution is -2.56. The first kappa shape index (κ1) is 13.6. The fourth-order valence-corrected chi connectivity index (χ4v) is 3.15. The molecule has 2 N–H and O–H groups in total. The molecule has 2 aliphatic rings. The molecule has 2 saturated heterocycles. The minimum Gasteiger partial charge on any atom is -0.391 e. The third-order valence-electron chi connectivity index (χ3n) is 4.22. The SMILES string of the molecule is O=C1NCC(O)CC12CCN(c1ncc(Cl)cn1)CC2. The monoisotopic (exact) mass is 296 g/mol. The standard InChI is InChI=1S/C13H17ClN4O2/c14-9-6-16-12(17-7-9)18-3-1-13(2-4-18)5-10(19)8-15-11(13)20/h6-7,10,19H,1-5,8H2,(H,15,20). The lowest BCUT2D eigenvalue weighted by Gasteiger charge is -2.44. The zero-order chi connectivity index (χ0) is 14.2. The van der Waals surface area contributed by atoms with Gasteiger partial charge >= 0.3 is 0 Å². The molecule has 1 aromatic rings. The number of amides is 1. The number of anilines is 1. The molecule has 20 heavy (non-hydrogen) atoms. The molecule has 3 rings (SSSR count). The average Bonchev–Trinajstić information content (AvgIpc) is 2.45. The van der Waals surface area contributed by atoms with E-state index in [0.717, 1.165) is 0 Å². The Labute approximate surface area is 122 Å². The van der Waals surface area contributed by atoms with Gasteiger partial charge in [-0.3, -0.25) is 4.79 Å². The molecule has 0 saturated carbocycles. The van der Waals surface area contributed by atoms with Crippen LogP contribution in [-0.4, -0.2) is 46.7 Å². The maximum Gasteiger partial charge on any atom is 0.226 e. The number of aromatic nitrogens is 2. The van der Waals surface area contributed by atoms with Gasteiger partial charge in [0.25, 0.3) is 0 Å². The Morgan fingerprint density at radius 3 is 2.65 bits per heavy atom. The van der Waals surface area contributed by atoms with Crippen molar-refractivity contribution >= 4 is 23.5 Å². The van der Waals surface area contributed by atoms with Crippen molar-refractivity contribution in [3.63, 3.8) is 0 Å². The minimum atomic E-state index is -0.439. The van der Waals surface area contributed by atoms with Crippen LogP contribution in [0.5, 0.6) is 0 Å². The van der Waals surface area contributed by atoms with Crippen molar-refractivity contribution in [3.05, 3.63) is 17.4 Å². The van der Waals surface area contributed by atoms with Crippen LogP contribution in [0.15, 0.2) is 12.4 Å². The molecule has 3 heterocycles. The van der Waals surface area contributed by atoms with Gasteiger partial charge in [0, 0.05) is 19.6 Å². The number of hydrogen-bond donors (Lipinski definition) is 2. The Kier molecular flexibility index (Phi) is 3.52. The van der Waals surface area contributed by atoms with E-state index in [-0.39, 0.29) is 5.91 Å². The van der Waals surface area contributed by atoms with E-state index in [1.165, 1.54) is 0 Å². The van der Waals surface area contributed by atoms with Crippen LogP contribution in [0.25, 0.3) is 0 Å². The number of hydrogen-bond acceptors (Lipinski definition) is 5. The summed E-state index contributed by atoms with van der Waals surface area (Å²) >= 11 is 5.78. The summed E-state index contributed by atoms with van der Waals surface area (Å²) in [6, 6.07) is 0. The van der Waals surface area contributed by atoms with Crippen molar-refractivity contribution in [1.29, 1.82) is 0 Å². The first-order valence-corrected chi connectivity index (χ1v) is 7.16. The Hall–Kier alpha value is -1.40. The summed E-state index contributed by atoms with van der Waals surface area (Å²) in [4.78, 5) is 22.6. The molecule has 0 radical (unpaired) electrons. The van der Waals surface area contributed by atoms with Gasteiger partial charge in [0.1, 0.15) is 0 Å². The lowest BCUT2D eigenvalue weighted by molar-refractivity contribution is -0.138. The lowest BCUT2D eigenvalue weighted by atomic mass is 9.71. The number of nitrogens with one attached hydrogen (secondary N) is 1. The number of carbonyl (C=O) groups is 1. The second-order valence-electron chi connectivity index (χ2n) is 5.54. The van der Waals surface area contributed by atoms with Gasteiger partial charge in [0.05, 0.1) is 28.9 Å². The number of piperidine rings is 2. The van der Waals surface area contributed by atoms with Gasteiger partial charge in [-0.2, -0.15) is 0 Å². The highest BCUT2D eigenvalue weighted by molar-refractivity contribution is 6.30. The van der Waals surface area contributed by atoms with Gasteiger partial charge in [-0.1, -0.05) is 11.6 Å². The summed E-state index contributed by atoms with van der Waals surface area (Å²) in [5.74, 6) is 0.709. The van der Waals surface area contributed by atoms with Crippen molar-refractivity contribution in [2.75, 3.05) is 24.5 Å². The van der Waals surface area contributed by atoms with Crippen LogP contribution >= 0.6 is 11.6 Å². The second-order valence-corrected chi connectivity index (χ2v) is 5.97. The average molecular weight is 297 g/mol. The number of halogens is 1. The normalized spacial score (nSPS) is 25.6. The maximum atomic E-state index is 12.1. The van der Waals surface area contributed by atoms with Crippen LogP contribution < -0.4 is 10.2 Å². The second kappa shape index (κ2) is 5.18. The van der Waals surface area contributed by atoms with Gasteiger partial charge in [0.2, 0.25) is 11.9 Å². The fraction of sp³-hybridized carbons (Fsp3) is 0.615. The first-order chi connectivity index (χ1) is 9.59. The summed E-state index contributed by atoms with van der Waals surface area (Å²) in [5.41, 5.74) is -0.430. The number of carbonyl (C=O) groups excluding carboxylic acids is 1. The van der Waals surface area contributed by atoms with Gasteiger partial charge in [0.15, 0.2) is 0 Å². The summed E-state index contributed by atoms with van der Waals surface area (Å²) in [5, 5.41) is 13.1. The van der Waals surface area contributed by atoms with Crippen molar-refractivity contribution in [3.8, 4) is 0 Å². The van der Waals surface area contributed by atoms with Crippen molar-refractivity contribution in [2.24, 2.45) is 5.41 Å². The van der Waals surface area contributed by atoms with Crippen molar-refractivity contribution in [1.82, 2.24) is 15.3 Å². The molecule has 1 atom stereocenters. The van der Waals surface area contributed by atoms with E-state index >= 15 is 0 Å². The van der Waals surface area contributed by atoms with E-state index in [2.05, 4.69) is 20.2 Å². The summed E-state index contributed by atoms with van der Waals surface area (Å²) in [7, 11) is 0. The predicted molar refractivity (Wildman–Crippen MR) is 74.6 cm³/mol.